The maximum Gasteiger partial charge on any atom is 0.401 e. The van der Waals surface area contributed by atoms with Crippen molar-refractivity contribution in [2.45, 2.75) is 32.5 Å². The molecule has 0 bridgehead atoms. The van der Waals surface area contributed by atoms with E-state index in [9.17, 15) is 22.8 Å². The summed E-state index contributed by atoms with van der Waals surface area (Å²) in [5, 5.41) is 5.07. The summed E-state index contributed by atoms with van der Waals surface area (Å²) >= 11 is 0. The van der Waals surface area contributed by atoms with E-state index in [4.69, 9.17) is 5.73 Å². The lowest BCUT2D eigenvalue weighted by atomic mass is 10.1. The number of nitrogens with two attached hydrogens (primary N) is 1. The first-order valence-corrected chi connectivity index (χ1v) is 7.67. The Morgan fingerprint density at radius 2 is 1.96 bits per heavy atom. The van der Waals surface area contributed by atoms with Gasteiger partial charge < -0.3 is 16.4 Å². The van der Waals surface area contributed by atoms with Crippen LogP contribution in [0.5, 0.6) is 0 Å². The molecule has 1 aliphatic heterocycles. The Balaban J connectivity index is 2.21. The first-order chi connectivity index (χ1) is 10.6. The van der Waals surface area contributed by atoms with Crippen LogP contribution >= 0.6 is 0 Å². The van der Waals surface area contributed by atoms with Crippen LogP contribution in [0.15, 0.2) is 0 Å². The molecule has 134 valence electrons. The Labute approximate surface area is 133 Å². The van der Waals surface area contributed by atoms with Gasteiger partial charge in [0.1, 0.15) is 0 Å². The maximum absolute atomic E-state index is 12.3. The van der Waals surface area contributed by atoms with Crippen LogP contribution in [-0.4, -0.2) is 61.7 Å². The highest BCUT2D eigenvalue weighted by molar-refractivity contribution is 5.87. The van der Waals surface area contributed by atoms with E-state index in [0.29, 0.717) is 26.1 Å². The lowest BCUT2D eigenvalue weighted by Crippen LogP contribution is -2.47. The van der Waals surface area contributed by atoms with Gasteiger partial charge in [-0.05, 0) is 24.8 Å². The molecular formula is C14H25F3N4O2. The van der Waals surface area contributed by atoms with E-state index in [1.807, 2.05) is 0 Å². The van der Waals surface area contributed by atoms with Crippen molar-refractivity contribution in [1.82, 2.24) is 15.5 Å². The highest BCUT2D eigenvalue weighted by Crippen LogP contribution is 2.22. The predicted octanol–water partition coefficient (Wildman–Crippen LogP) is 0.0863. The largest absolute Gasteiger partial charge is 0.401 e. The van der Waals surface area contributed by atoms with Gasteiger partial charge in [-0.25, -0.2) is 0 Å². The average molecular weight is 338 g/mol. The van der Waals surface area contributed by atoms with Crippen LogP contribution in [0.25, 0.3) is 0 Å². The second-order valence-electron chi connectivity index (χ2n) is 6.30. The maximum atomic E-state index is 12.3. The zero-order chi connectivity index (χ0) is 17.6. The van der Waals surface area contributed by atoms with E-state index < -0.39 is 24.7 Å². The Kier molecular flexibility index (Phi) is 7.27. The number of halogens is 3. The van der Waals surface area contributed by atoms with Gasteiger partial charge in [0.25, 0.3) is 0 Å². The van der Waals surface area contributed by atoms with Crippen molar-refractivity contribution in [3.8, 4) is 0 Å². The van der Waals surface area contributed by atoms with E-state index in [1.54, 1.807) is 13.8 Å². The van der Waals surface area contributed by atoms with Crippen LogP contribution in [-0.2, 0) is 9.59 Å². The van der Waals surface area contributed by atoms with Gasteiger partial charge in [0.2, 0.25) is 11.8 Å². The summed E-state index contributed by atoms with van der Waals surface area (Å²) in [5.41, 5.74) is 5.64. The molecule has 23 heavy (non-hydrogen) atoms. The first-order valence-electron chi connectivity index (χ1n) is 7.67. The number of hydrogen-bond donors (Lipinski definition) is 3. The number of nitrogens with zero attached hydrogens (tertiary/aromatic N) is 1. The molecule has 0 saturated carbocycles. The normalized spacial score (nSPS) is 20.6. The number of carbonyl (C=O) groups is 2. The molecule has 0 radical (unpaired) electrons. The van der Waals surface area contributed by atoms with Crippen molar-refractivity contribution in [3.63, 3.8) is 0 Å². The van der Waals surface area contributed by atoms with Crippen LogP contribution in [0.3, 0.4) is 0 Å². The average Bonchev–Trinajstić information content (AvgIpc) is 2.86. The number of hydrogen-bond acceptors (Lipinski definition) is 4. The van der Waals surface area contributed by atoms with Gasteiger partial charge in [-0.15, -0.1) is 0 Å². The van der Waals surface area contributed by atoms with Crippen molar-refractivity contribution in [1.29, 1.82) is 0 Å². The van der Waals surface area contributed by atoms with Gasteiger partial charge in [0, 0.05) is 13.1 Å². The molecule has 1 aliphatic rings. The standard InChI is InChI=1S/C14H25F3N4O2/c1-9(2)12(18)13(23)20-6-11(22)19-5-10-3-4-21(7-10)8-14(15,16)17/h9-10,12H,3-8,18H2,1-2H3,(H,19,22)(H,20,23)/t10?,12-/m0/s1. The van der Waals surface area contributed by atoms with Gasteiger partial charge >= 0.3 is 6.18 Å². The monoisotopic (exact) mass is 338 g/mol. The summed E-state index contributed by atoms with van der Waals surface area (Å²) in [6.45, 7) is 3.50. The highest BCUT2D eigenvalue weighted by atomic mass is 19.4. The molecule has 1 saturated heterocycles. The second-order valence-corrected chi connectivity index (χ2v) is 6.30. The van der Waals surface area contributed by atoms with Crippen molar-refractivity contribution < 1.29 is 22.8 Å². The fourth-order valence-electron chi connectivity index (χ4n) is 2.39. The van der Waals surface area contributed by atoms with E-state index in [-0.39, 0.29) is 24.3 Å². The summed E-state index contributed by atoms with van der Waals surface area (Å²) < 4.78 is 36.9. The molecular weight excluding hydrogens is 313 g/mol. The minimum Gasteiger partial charge on any atom is -0.354 e. The lowest BCUT2D eigenvalue weighted by Gasteiger charge is -2.18. The minimum absolute atomic E-state index is 0.00470. The predicted molar refractivity (Wildman–Crippen MR) is 79.4 cm³/mol. The number of amides is 2. The van der Waals surface area contributed by atoms with E-state index in [2.05, 4.69) is 10.6 Å². The second kappa shape index (κ2) is 8.49. The number of carbonyl (C=O) groups excluding carboxylic acids is 2. The zero-order valence-electron chi connectivity index (χ0n) is 13.4. The molecule has 0 aromatic rings. The summed E-state index contributed by atoms with van der Waals surface area (Å²) in [4.78, 5) is 24.6. The van der Waals surface area contributed by atoms with Gasteiger partial charge in [-0.2, -0.15) is 13.2 Å². The van der Waals surface area contributed by atoms with E-state index >= 15 is 0 Å². The van der Waals surface area contributed by atoms with Gasteiger partial charge in [0.15, 0.2) is 0 Å². The van der Waals surface area contributed by atoms with Crippen LogP contribution in [0.1, 0.15) is 20.3 Å². The molecule has 1 unspecified atom stereocenters. The topological polar surface area (TPSA) is 87.5 Å². The van der Waals surface area contributed by atoms with Gasteiger partial charge in [-0.3, -0.25) is 14.5 Å². The third-order valence-electron chi connectivity index (χ3n) is 3.80. The fourth-order valence-corrected chi connectivity index (χ4v) is 2.39. The number of nitrogens with one attached hydrogen (secondary N) is 2. The molecule has 1 fully saturated rings. The Morgan fingerprint density at radius 1 is 1.30 bits per heavy atom. The summed E-state index contributed by atoms with van der Waals surface area (Å²) in [7, 11) is 0. The number of likely N-dealkylation sites (tertiary alicyclic amines) is 1. The van der Waals surface area contributed by atoms with Crippen LogP contribution in [0.4, 0.5) is 13.2 Å². The van der Waals surface area contributed by atoms with Crippen molar-refractivity contribution in [3.05, 3.63) is 0 Å². The van der Waals surface area contributed by atoms with Crippen LogP contribution in [0.2, 0.25) is 0 Å². The van der Waals surface area contributed by atoms with Gasteiger partial charge in [-0.1, -0.05) is 13.8 Å². The molecule has 2 atom stereocenters. The minimum atomic E-state index is -4.20. The molecule has 9 heteroatoms. The first kappa shape index (κ1) is 19.7. The third kappa shape index (κ3) is 7.65. The van der Waals surface area contributed by atoms with Crippen LogP contribution < -0.4 is 16.4 Å². The summed E-state index contributed by atoms with van der Waals surface area (Å²) in [5.74, 6) is -0.804. The third-order valence-corrected chi connectivity index (χ3v) is 3.80. The Hall–Kier alpha value is -1.35. The molecule has 0 aromatic heterocycles. The molecule has 0 aliphatic carbocycles. The zero-order valence-corrected chi connectivity index (χ0v) is 13.4. The smallest absolute Gasteiger partial charge is 0.354 e. The number of rotatable bonds is 7. The van der Waals surface area contributed by atoms with Crippen molar-refractivity contribution in [2.24, 2.45) is 17.6 Å². The van der Waals surface area contributed by atoms with E-state index in [1.165, 1.54) is 4.90 Å². The summed E-state index contributed by atoms with van der Waals surface area (Å²) in [6, 6.07) is -0.673. The molecule has 4 N–H and O–H groups in total. The highest BCUT2D eigenvalue weighted by Gasteiger charge is 2.34. The Morgan fingerprint density at radius 3 is 2.52 bits per heavy atom. The van der Waals surface area contributed by atoms with Gasteiger partial charge in [0.05, 0.1) is 19.1 Å². The molecule has 2 amide bonds. The molecule has 0 aromatic carbocycles. The fraction of sp³-hybridized carbons (Fsp3) is 0.857. The molecule has 1 rings (SSSR count). The van der Waals surface area contributed by atoms with Crippen LogP contribution in [0, 0.1) is 11.8 Å². The Bertz CT molecular complexity index is 415. The molecule has 1 heterocycles. The van der Waals surface area contributed by atoms with Crippen molar-refractivity contribution >= 4 is 11.8 Å². The van der Waals surface area contributed by atoms with E-state index in [0.717, 1.165) is 0 Å². The quantitative estimate of drug-likeness (QED) is 0.614. The lowest BCUT2D eigenvalue weighted by molar-refractivity contribution is -0.143. The summed E-state index contributed by atoms with van der Waals surface area (Å²) in [6.07, 6.45) is -3.58. The molecule has 6 nitrogen and oxygen atoms in total. The number of alkyl halides is 3. The van der Waals surface area contributed by atoms with Crippen molar-refractivity contribution in [2.75, 3.05) is 32.7 Å². The molecule has 0 spiro atoms. The SMILES string of the molecule is CC(C)[C@H](N)C(=O)NCC(=O)NCC1CCN(CC(F)(F)F)C1.